The molecule has 6 nitrogen and oxygen atoms in total. The average Bonchev–Trinajstić information content (AvgIpc) is 2.78. The Hall–Kier alpha value is -1.59. The molecule has 2 amide bonds. The Balaban J connectivity index is 2.15. The number of amides is 2. The van der Waals surface area contributed by atoms with Crippen LogP contribution in [0.25, 0.3) is 0 Å². The molecule has 19 heavy (non-hydrogen) atoms. The summed E-state index contributed by atoms with van der Waals surface area (Å²) in [6, 6.07) is -0.0296. The smallest absolute Gasteiger partial charge is 0.306 e. The third kappa shape index (κ3) is 5.72. The summed E-state index contributed by atoms with van der Waals surface area (Å²) >= 11 is 0. The lowest BCUT2D eigenvalue weighted by Gasteiger charge is -2.12. The van der Waals surface area contributed by atoms with E-state index in [0.29, 0.717) is 38.6 Å². The molecule has 108 valence electrons. The van der Waals surface area contributed by atoms with Crippen molar-refractivity contribution in [3.63, 3.8) is 0 Å². The van der Waals surface area contributed by atoms with Crippen molar-refractivity contribution in [1.82, 2.24) is 10.6 Å². The topological polar surface area (TPSA) is 95.5 Å². The second-order valence-electron chi connectivity index (χ2n) is 4.92. The van der Waals surface area contributed by atoms with Crippen molar-refractivity contribution in [2.24, 2.45) is 5.92 Å². The first kappa shape index (κ1) is 15.5. The maximum atomic E-state index is 11.6. The Kier molecular flexibility index (Phi) is 6.32. The van der Waals surface area contributed by atoms with Gasteiger partial charge in [-0.3, -0.25) is 14.4 Å². The zero-order valence-corrected chi connectivity index (χ0v) is 11.3. The molecule has 1 saturated carbocycles. The standard InChI is InChI=1S/C13H22N2O4/c1-2-14-11(16)4-3-5-12(17)15-10-7-6-9(8-10)13(18)19/h9-10H,2-8H2,1H3,(H,14,16)(H,15,17)(H,18,19)/t9-,10+/m0/s1. The van der Waals surface area contributed by atoms with E-state index in [1.165, 1.54) is 0 Å². The van der Waals surface area contributed by atoms with Gasteiger partial charge in [0.2, 0.25) is 11.8 Å². The summed E-state index contributed by atoms with van der Waals surface area (Å²) in [4.78, 5) is 33.6. The van der Waals surface area contributed by atoms with Crippen LogP contribution in [0, 0.1) is 5.92 Å². The Morgan fingerprint density at radius 2 is 1.84 bits per heavy atom. The summed E-state index contributed by atoms with van der Waals surface area (Å²) in [5.41, 5.74) is 0. The highest BCUT2D eigenvalue weighted by Gasteiger charge is 2.30. The van der Waals surface area contributed by atoms with E-state index in [9.17, 15) is 14.4 Å². The van der Waals surface area contributed by atoms with Gasteiger partial charge < -0.3 is 15.7 Å². The minimum atomic E-state index is -0.784. The Morgan fingerprint density at radius 3 is 2.42 bits per heavy atom. The van der Waals surface area contributed by atoms with Crippen molar-refractivity contribution in [1.29, 1.82) is 0 Å². The Labute approximate surface area is 112 Å². The van der Waals surface area contributed by atoms with Gasteiger partial charge in [0.05, 0.1) is 5.92 Å². The summed E-state index contributed by atoms with van der Waals surface area (Å²) in [6.07, 6.45) is 3.04. The maximum Gasteiger partial charge on any atom is 0.306 e. The summed E-state index contributed by atoms with van der Waals surface area (Å²) in [5, 5.41) is 14.4. The summed E-state index contributed by atoms with van der Waals surface area (Å²) in [6.45, 7) is 2.45. The molecule has 1 fully saturated rings. The van der Waals surface area contributed by atoms with Gasteiger partial charge in [-0.2, -0.15) is 0 Å². The van der Waals surface area contributed by atoms with Gasteiger partial charge >= 0.3 is 5.97 Å². The van der Waals surface area contributed by atoms with Crippen LogP contribution in [0.5, 0.6) is 0 Å². The van der Waals surface area contributed by atoms with Crippen LogP contribution in [-0.2, 0) is 14.4 Å². The molecule has 0 aliphatic heterocycles. The van der Waals surface area contributed by atoms with Gasteiger partial charge in [0.1, 0.15) is 0 Å². The van der Waals surface area contributed by atoms with Crippen LogP contribution in [0.3, 0.4) is 0 Å². The molecule has 0 spiro atoms. The summed E-state index contributed by atoms with van der Waals surface area (Å²) < 4.78 is 0. The second-order valence-corrected chi connectivity index (χ2v) is 4.92. The number of rotatable bonds is 7. The number of aliphatic carboxylic acids is 1. The second kappa shape index (κ2) is 7.76. The van der Waals surface area contributed by atoms with Gasteiger partial charge in [0.25, 0.3) is 0 Å². The van der Waals surface area contributed by atoms with Gasteiger partial charge in [-0.25, -0.2) is 0 Å². The minimum absolute atomic E-state index is 0.0296. The number of carbonyl (C=O) groups excluding carboxylic acids is 2. The van der Waals surface area contributed by atoms with Crippen LogP contribution in [0.1, 0.15) is 45.4 Å². The molecule has 0 heterocycles. The normalized spacial score (nSPS) is 21.9. The van der Waals surface area contributed by atoms with Gasteiger partial charge in [-0.05, 0) is 32.6 Å². The number of carboxylic acid groups (broad SMARTS) is 1. The first-order chi connectivity index (χ1) is 9.02. The predicted molar refractivity (Wildman–Crippen MR) is 69.4 cm³/mol. The first-order valence-corrected chi connectivity index (χ1v) is 6.81. The van der Waals surface area contributed by atoms with Crippen molar-refractivity contribution in [2.45, 2.75) is 51.5 Å². The van der Waals surface area contributed by atoms with Crippen LogP contribution in [-0.4, -0.2) is 35.5 Å². The molecule has 6 heteroatoms. The van der Waals surface area contributed by atoms with Crippen LogP contribution < -0.4 is 10.6 Å². The maximum absolute atomic E-state index is 11.6. The third-order valence-electron chi connectivity index (χ3n) is 3.33. The largest absolute Gasteiger partial charge is 0.481 e. The average molecular weight is 270 g/mol. The molecular formula is C13H22N2O4. The Bertz CT molecular complexity index is 344. The lowest BCUT2D eigenvalue weighted by molar-refractivity contribution is -0.141. The fourth-order valence-electron chi connectivity index (χ4n) is 2.33. The molecule has 0 saturated heterocycles. The van der Waals surface area contributed by atoms with Gasteiger partial charge in [-0.15, -0.1) is 0 Å². The van der Waals surface area contributed by atoms with Crippen LogP contribution in [0.15, 0.2) is 0 Å². The summed E-state index contributed by atoms with van der Waals surface area (Å²) in [5.74, 6) is -1.25. The molecule has 0 aromatic carbocycles. The number of hydrogen-bond acceptors (Lipinski definition) is 3. The van der Waals surface area contributed by atoms with Crippen molar-refractivity contribution in [2.75, 3.05) is 6.54 Å². The molecule has 1 rings (SSSR count). The van der Waals surface area contributed by atoms with Crippen LogP contribution in [0.2, 0.25) is 0 Å². The molecule has 0 aromatic rings. The highest BCUT2D eigenvalue weighted by molar-refractivity contribution is 5.79. The molecule has 0 unspecified atom stereocenters. The summed E-state index contributed by atoms with van der Waals surface area (Å²) in [7, 11) is 0. The van der Waals surface area contributed by atoms with Gasteiger partial charge in [0, 0.05) is 25.4 Å². The van der Waals surface area contributed by atoms with E-state index >= 15 is 0 Å². The van der Waals surface area contributed by atoms with E-state index in [1.807, 2.05) is 6.92 Å². The molecule has 1 aliphatic carbocycles. The van der Waals surface area contributed by atoms with E-state index in [2.05, 4.69) is 10.6 Å². The van der Waals surface area contributed by atoms with Crippen molar-refractivity contribution >= 4 is 17.8 Å². The van der Waals surface area contributed by atoms with E-state index in [0.717, 1.165) is 6.42 Å². The number of carboxylic acids is 1. The fourth-order valence-corrected chi connectivity index (χ4v) is 2.33. The van der Waals surface area contributed by atoms with Crippen LogP contribution in [0.4, 0.5) is 0 Å². The van der Waals surface area contributed by atoms with E-state index in [4.69, 9.17) is 5.11 Å². The Morgan fingerprint density at radius 1 is 1.16 bits per heavy atom. The monoisotopic (exact) mass is 270 g/mol. The molecule has 0 aromatic heterocycles. The molecular weight excluding hydrogens is 248 g/mol. The molecule has 3 N–H and O–H groups in total. The third-order valence-corrected chi connectivity index (χ3v) is 3.33. The van der Waals surface area contributed by atoms with Crippen LogP contribution >= 0.6 is 0 Å². The minimum Gasteiger partial charge on any atom is -0.481 e. The number of hydrogen-bond donors (Lipinski definition) is 3. The number of nitrogens with one attached hydrogen (secondary N) is 2. The van der Waals surface area contributed by atoms with E-state index in [-0.39, 0.29) is 23.8 Å². The first-order valence-electron chi connectivity index (χ1n) is 6.81. The molecule has 2 atom stereocenters. The highest BCUT2D eigenvalue weighted by Crippen LogP contribution is 2.25. The van der Waals surface area contributed by atoms with Crippen molar-refractivity contribution < 1.29 is 19.5 Å². The van der Waals surface area contributed by atoms with Crippen molar-refractivity contribution in [3.05, 3.63) is 0 Å². The van der Waals surface area contributed by atoms with Crippen molar-refractivity contribution in [3.8, 4) is 0 Å². The molecule has 1 aliphatic rings. The molecule has 0 radical (unpaired) electrons. The zero-order chi connectivity index (χ0) is 14.3. The number of carbonyl (C=O) groups is 3. The lowest BCUT2D eigenvalue weighted by Crippen LogP contribution is -2.33. The SMILES string of the molecule is CCNC(=O)CCCC(=O)N[C@@H]1CC[C@H](C(=O)O)C1. The lowest BCUT2D eigenvalue weighted by atomic mass is 10.1. The van der Waals surface area contributed by atoms with Gasteiger partial charge in [-0.1, -0.05) is 0 Å². The van der Waals surface area contributed by atoms with Gasteiger partial charge in [0.15, 0.2) is 0 Å². The van der Waals surface area contributed by atoms with E-state index < -0.39 is 5.97 Å². The molecule has 0 bridgehead atoms. The highest BCUT2D eigenvalue weighted by atomic mass is 16.4. The predicted octanol–water partition coefficient (Wildman–Crippen LogP) is 0.662. The zero-order valence-electron chi connectivity index (χ0n) is 11.3. The fraction of sp³-hybridized carbons (Fsp3) is 0.769. The quantitative estimate of drug-likeness (QED) is 0.633. The van der Waals surface area contributed by atoms with E-state index in [1.54, 1.807) is 0 Å².